The van der Waals surface area contributed by atoms with Gasteiger partial charge in [-0.2, -0.15) is 5.10 Å². The maximum Gasteiger partial charge on any atom is 0.404 e. The lowest BCUT2D eigenvalue weighted by Gasteiger charge is -2.40. The second-order valence-corrected chi connectivity index (χ2v) is 9.65. The van der Waals surface area contributed by atoms with E-state index < -0.39 is 29.5 Å². The summed E-state index contributed by atoms with van der Waals surface area (Å²) in [7, 11) is 1.81. The van der Waals surface area contributed by atoms with Crippen LogP contribution in [0.3, 0.4) is 0 Å². The second-order valence-electron chi connectivity index (χ2n) is 8.74. The molecule has 0 bridgehead atoms. The van der Waals surface area contributed by atoms with Gasteiger partial charge in [-0.25, -0.2) is 9.86 Å². The van der Waals surface area contributed by atoms with E-state index in [2.05, 4.69) is 10.4 Å². The van der Waals surface area contributed by atoms with Crippen molar-refractivity contribution in [2.75, 3.05) is 0 Å². The topological polar surface area (TPSA) is 108 Å². The number of hydrogen-bond acceptors (Lipinski definition) is 5. The van der Waals surface area contributed by atoms with Crippen molar-refractivity contribution in [3.05, 3.63) is 64.5 Å². The van der Waals surface area contributed by atoms with Gasteiger partial charge in [-0.3, -0.25) is 14.7 Å². The third-order valence-corrected chi connectivity index (χ3v) is 6.25. The first-order valence-corrected chi connectivity index (χ1v) is 11.1. The van der Waals surface area contributed by atoms with Gasteiger partial charge in [0.2, 0.25) is 0 Å². The fourth-order valence-electron chi connectivity index (χ4n) is 3.73. The first kappa shape index (κ1) is 23.5. The molecule has 170 valence electrons. The van der Waals surface area contributed by atoms with Crippen LogP contribution in [0.15, 0.2) is 54.0 Å². The molecule has 0 aliphatic heterocycles. The normalized spacial score (nSPS) is 13.4. The Morgan fingerprint density at radius 2 is 1.91 bits per heavy atom. The number of nitrogens with zero attached hydrogens (tertiary/aromatic N) is 3. The molecule has 0 saturated carbocycles. The van der Waals surface area contributed by atoms with Gasteiger partial charge in [-0.05, 0) is 29.5 Å². The zero-order valence-electron chi connectivity index (χ0n) is 18.5. The number of amides is 2. The van der Waals surface area contributed by atoms with E-state index >= 15 is 0 Å². The van der Waals surface area contributed by atoms with Gasteiger partial charge in [0.25, 0.3) is 5.91 Å². The zero-order valence-corrected chi connectivity index (χ0v) is 19.3. The Hall–Kier alpha value is -3.17. The summed E-state index contributed by atoms with van der Waals surface area (Å²) in [6, 6.07) is 11.4. The van der Waals surface area contributed by atoms with Crippen molar-refractivity contribution in [2.24, 2.45) is 12.5 Å². The molecule has 1 aromatic carbocycles. The lowest BCUT2D eigenvalue weighted by atomic mass is 9.80. The number of nitrogens with one attached hydrogen (secondary N) is 1. The average molecular weight is 457 g/mol. The molecule has 2 unspecified atom stereocenters. The van der Waals surface area contributed by atoms with Crippen molar-refractivity contribution < 1.29 is 19.9 Å². The summed E-state index contributed by atoms with van der Waals surface area (Å²) in [5.74, 6) is -0.578. The molecule has 0 aliphatic rings. The third kappa shape index (κ3) is 5.35. The minimum Gasteiger partial charge on any atom is -0.465 e. The molecule has 0 fully saturated rings. The SMILES string of the molecule is Cn1nccc1-c1csc(C(=O)N(O)C(Cc2ccccc2)C(NC(=O)O)C(C)(C)C)c1. The Morgan fingerprint density at radius 1 is 1.22 bits per heavy atom. The standard InChI is InChI=1S/C23H28N4O4S/c1-23(2,3)20(25-22(29)30)18(12-15-8-6-5-7-9-15)27(31)21(28)19-13-16(14-32-19)17-10-11-24-26(17)4/h5-11,13-14,18,20,25,31H,12H2,1-4H3,(H,29,30). The van der Waals surface area contributed by atoms with Crippen molar-refractivity contribution in [1.29, 1.82) is 0 Å². The fourth-order valence-corrected chi connectivity index (χ4v) is 4.56. The molecule has 2 aromatic heterocycles. The quantitative estimate of drug-likeness (QED) is 0.363. The molecule has 2 atom stereocenters. The largest absolute Gasteiger partial charge is 0.465 e. The van der Waals surface area contributed by atoms with Crippen LogP contribution in [0.1, 0.15) is 36.0 Å². The van der Waals surface area contributed by atoms with E-state index in [-0.39, 0.29) is 6.42 Å². The highest BCUT2D eigenvalue weighted by Crippen LogP contribution is 2.30. The minimum absolute atomic E-state index is 0.283. The molecule has 9 heteroatoms. The number of aryl methyl sites for hydroxylation is 1. The highest BCUT2D eigenvalue weighted by atomic mass is 32.1. The van der Waals surface area contributed by atoms with E-state index in [4.69, 9.17) is 0 Å². The smallest absolute Gasteiger partial charge is 0.404 e. The minimum atomic E-state index is -1.21. The van der Waals surface area contributed by atoms with E-state index in [1.165, 1.54) is 11.3 Å². The van der Waals surface area contributed by atoms with Crippen LogP contribution in [-0.4, -0.2) is 49.2 Å². The van der Waals surface area contributed by atoms with Gasteiger partial charge < -0.3 is 10.4 Å². The Morgan fingerprint density at radius 3 is 2.47 bits per heavy atom. The zero-order chi connectivity index (χ0) is 23.5. The number of thiophene rings is 1. The van der Waals surface area contributed by atoms with Gasteiger partial charge in [0.15, 0.2) is 0 Å². The molecule has 3 rings (SSSR count). The third-order valence-electron chi connectivity index (χ3n) is 5.33. The van der Waals surface area contributed by atoms with Crippen LogP contribution in [-0.2, 0) is 13.5 Å². The van der Waals surface area contributed by atoms with Gasteiger partial charge in [0.1, 0.15) is 0 Å². The number of hydrogen-bond donors (Lipinski definition) is 3. The Balaban J connectivity index is 1.94. The predicted molar refractivity (Wildman–Crippen MR) is 123 cm³/mol. The monoisotopic (exact) mass is 456 g/mol. The number of rotatable bonds is 7. The summed E-state index contributed by atoms with van der Waals surface area (Å²) in [5, 5.41) is 29.7. The number of carbonyl (C=O) groups is 2. The van der Waals surface area contributed by atoms with Crippen LogP contribution in [0.5, 0.6) is 0 Å². The van der Waals surface area contributed by atoms with Gasteiger partial charge in [-0.15, -0.1) is 11.3 Å². The van der Waals surface area contributed by atoms with Crippen molar-refractivity contribution in [2.45, 2.75) is 39.3 Å². The van der Waals surface area contributed by atoms with Crippen molar-refractivity contribution in [3.8, 4) is 11.3 Å². The summed E-state index contributed by atoms with van der Waals surface area (Å²) in [6.45, 7) is 5.61. The van der Waals surface area contributed by atoms with E-state index in [0.29, 0.717) is 9.94 Å². The molecule has 3 N–H and O–H groups in total. The first-order chi connectivity index (χ1) is 15.1. The summed E-state index contributed by atoms with van der Waals surface area (Å²) in [5.41, 5.74) is 2.00. The molecule has 2 amide bonds. The molecule has 0 aliphatic carbocycles. The summed E-state index contributed by atoms with van der Waals surface area (Å²) < 4.78 is 1.71. The number of carboxylic acid groups (broad SMARTS) is 1. The van der Waals surface area contributed by atoms with E-state index in [9.17, 15) is 19.9 Å². The molecular weight excluding hydrogens is 428 g/mol. The first-order valence-electron chi connectivity index (χ1n) is 10.2. The average Bonchev–Trinajstić information content (AvgIpc) is 3.38. The van der Waals surface area contributed by atoms with Crippen LogP contribution < -0.4 is 5.32 Å². The van der Waals surface area contributed by atoms with Crippen molar-refractivity contribution >= 4 is 23.3 Å². The van der Waals surface area contributed by atoms with Gasteiger partial charge >= 0.3 is 6.09 Å². The highest BCUT2D eigenvalue weighted by Gasteiger charge is 2.39. The van der Waals surface area contributed by atoms with Gasteiger partial charge in [0.05, 0.1) is 22.7 Å². The summed E-state index contributed by atoms with van der Waals surface area (Å²) >= 11 is 1.22. The lowest BCUT2D eigenvalue weighted by molar-refractivity contribution is -0.105. The number of carbonyl (C=O) groups excluding carboxylic acids is 1. The van der Waals surface area contributed by atoms with Crippen LogP contribution in [0, 0.1) is 5.41 Å². The number of hydroxylamine groups is 2. The highest BCUT2D eigenvalue weighted by molar-refractivity contribution is 7.12. The van der Waals surface area contributed by atoms with E-state index in [1.54, 1.807) is 16.9 Å². The Bertz CT molecular complexity index is 1070. The van der Waals surface area contributed by atoms with Gasteiger partial charge in [0, 0.05) is 24.2 Å². The van der Waals surface area contributed by atoms with E-state index in [0.717, 1.165) is 16.8 Å². The van der Waals surface area contributed by atoms with Crippen LogP contribution in [0.25, 0.3) is 11.3 Å². The number of aromatic nitrogens is 2. The molecule has 0 radical (unpaired) electrons. The molecular formula is C23H28N4O4S. The molecule has 8 nitrogen and oxygen atoms in total. The van der Waals surface area contributed by atoms with Crippen LogP contribution in [0.4, 0.5) is 4.79 Å². The van der Waals surface area contributed by atoms with Crippen molar-refractivity contribution in [3.63, 3.8) is 0 Å². The molecule has 0 spiro atoms. The van der Waals surface area contributed by atoms with Crippen LogP contribution in [0.2, 0.25) is 0 Å². The van der Waals surface area contributed by atoms with Crippen molar-refractivity contribution in [1.82, 2.24) is 20.2 Å². The summed E-state index contributed by atoms with van der Waals surface area (Å²) in [6.07, 6.45) is 0.748. The number of benzene rings is 1. The van der Waals surface area contributed by atoms with E-state index in [1.807, 2.05) is 69.6 Å². The maximum absolute atomic E-state index is 13.3. The van der Waals surface area contributed by atoms with Gasteiger partial charge in [-0.1, -0.05) is 51.1 Å². The Kier molecular flexibility index (Phi) is 7.00. The predicted octanol–water partition coefficient (Wildman–Crippen LogP) is 4.27. The molecule has 32 heavy (non-hydrogen) atoms. The van der Waals surface area contributed by atoms with Crippen LogP contribution >= 0.6 is 11.3 Å². The fraction of sp³-hybridized carbons (Fsp3) is 0.348. The summed E-state index contributed by atoms with van der Waals surface area (Å²) in [4.78, 5) is 25.1. The molecule has 0 saturated heterocycles. The lowest BCUT2D eigenvalue weighted by Crippen LogP contribution is -2.58. The second kappa shape index (κ2) is 9.54. The molecule has 3 aromatic rings. The Labute approximate surface area is 191 Å². The molecule has 2 heterocycles. The maximum atomic E-state index is 13.3.